The van der Waals surface area contributed by atoms with Gasteiger partial charge in [0.05, 0.1) is 0 Å². The van der Waals surface area contributed by atoms with Crippen molar-refractivity contribution in [2.45, 2.75) is 26.2 Å². The number of rotatable bonds is 0. The number of anilines is 2. The second-order valence-electron chi connectivity index (χ2n) is 5.49. The molecule has 0 unspecified atom stereocenters. The standard InChI is InChI=1S/C16H16BrN/c1-10-4-6-12-15(8-10)18-14-7-5-11(17)9-13(14)16(12,2)3/h4-9,18H,1-3H3. The van der Waals surface area contributed by atoms with Crippen molar-refractivity contribution in [2.75, 3.05) is 5.32 Å². The van der Waals surface area contributed by atoms with E-state index >= 15 is 0 Å². The van der Waals surface area contributed by atoms with Crippen molar-refractivity contribution in [3.05, 3.63) is 57.6 Å². The molecule has 0 saturated carbocycles. The first kappa shape index (κ1) is 11.8. The van der Waals surface area contributed by atoms with E-state index in [0.717, 1.165) is 4.47 Å². The van der Waals surface area contributed by atoms with E-state index in [1.54, 1.807) is 0 Å². The zero-order valence-corrected chi connectivity index (χ0v) is 12.4. The SMILES string of the molecule is Cc1ccc2c(c1)Nc1ccc(Br)cc1C2(C)C. The summed E-state index contributed by atoms with van der Waals surface area (Å²) in [4.78, 5) is 0. The van der Waals surface area contributed by atoms with Gasteiger partial charge in [-0.2, -0.15) is 0 Å². The molecule has 0 bridgehead atoms. The number of halogens is 1. The molecule has 0 amide bonds. The second kappa shape index (κ2) is 3.86. The highest BCUT2D eigenvalue weighted by Crippen LogP contribution is 2.46. The number of hydrogen-bond acceptors (Lipinski definition) is 1. The normalized spacial score (nSPS) is 15.6. The Bertz CT molecular complexity index is 629. The Labute approximate surface area is 116 Å². The van der Waals surface area contributed by atoms with Gasteiger partial charge in [0.15, 0.2) is 0 Å². The molecule has 2 heteroatoms. The molecule has 1 aliphatic rings. The van der Waals surface area contributed by atoms with Crippen molar-refractivity contribution in [3.8, 4) is 0 Å². The van der Waals surface area contributed by atoms with Crippen LogP contribution in [0.5, 0.6) is 0 Å². The zero-order chi connectivity index (χ0) is 12.9. The monoisotopic (exact) mass is 301 g/mol. The van der Waals surface area contributed by atoms with Gasteiger partial charge >= 0.3 is 0 Å². The fourth-order valence-electron chi connectivity index (χ4n) is 2.74. The Kier molecular flexibility index (Phi) is 2.53. The highest BCUT2D eigenvalue weighted by atomic mass is 79.9. The summed E-state index contributed by atoms with van der Waals surface area (Å²) in [5.74, 6) is 0. The number of fused-ring (bicyclic) bond motifs is 2. The van der Waals surface area contributed by atoms with Gasteiger partial charge in [0, 0.05) is 21.3 Å². The fourth-order valence-corrected chi connectivity index (χ4v) is 3.10. The van der Waals surface area contributed by atoms with Crippen LogP contribution in [0.15, 0.2) is 40.9 Å². The minimum Gasteiger partial charge on any atom is -0.355 e. The van der Waals surface area contributed by atoms with Crippen molar-refractivity contribution in [2.24, 2.45) is 0 Å². The topological polar surface area (TPSA) is 12.0 Å². The summed E-state index contributed by atoms with van der Waals surface area (Å²) in [6.07, 6.45) is 0. The third-order valence-corrected chi connectivity index (χ3v) is 4.27. The van der Waals surface area contributed by atoms with Gasteiger partial charge in [0.1, 0.15) is 0 Å². The maximum atomic E-state index is 3.57. The Morgan fingerprint density at radius 3 is 2.50 bits per heavy atom. The number of aryl methyl sites for hydroxylation is 1. The molecule has 0 radical (unpaired) electrons. The van der Waals surface area contributed by atoms with Crippen LogP contribution in [0.4, 0.5) is 11.4 Å². The van der Waals surface area contributed by atoms with E-state index in [2.05, 4.69) is 78.4 Å². The molecular weight excluding hydrogens is 286 g/mol. The predicted molar refractivity (Wildman–Crippen MR) is 80.7 cm³/mol. The Morgan fingerprint density at radius 1 is 0.944 bits per heavy atom. The lowest BCUT2D eigenvalue weighted by Gasteiger charge is -2.36. The van der Waals surface area contributed by atoms with Crippen LogP contribution in [-0.4, -0.2) is 0 Å². The molecule has 3 rings (SSSR count). The summed E-state index contributed by atoms with van der Waals surface area (Å²) in [6.45, 7) is 6.70. The molecule has 1 nitrogen and oxygen atoms in total. The Hall–Kier alpha value is -1.28. The predicted octanol–water partition coefficient (Wildman–Crippen LogP) is 5.14. The number of benzene rings is 2. The van der Waals surface area contributed by atoms with Gasteiger partial charge in [0.2, 0.25) is 0 Å². The summed E-state index contributed by atoms with van der Waals surface area (Å²) >= 11 is 3.57. The van der Waals surface area contributed by atoms with E-state index in [4.69, 9.17) is 0 Å². The van der Waals surface area contributed by atoms with Crippen LogP contribution in [0.25, 0.3) is 0 Å². The molecule has 1 N–H and O–H groups in total. The van der Waals surface area contributed by atoms with Gasteiger partial charge in [0.25, 0.3) is 0 Å². The molecule has 2 aromatic rings. The van der Waals surface area contributed by atoms with Gasteiger partial charge in [-0.1, -0.05) is 41.9 Å². The van der Waals surface area contributed by atoms with E-state index in [1.165, 1.54) is 28.1 Å². The first-order valence-electron chi connectivity index (χ1n) is 6.17. The molecule has 1 aliphatic heterocycles. The molecule has 0 atom stereocenters. The third-order valence-electron chi connectivity index (χ3n) is 3.77. The first-order valence-corrected chi connectivity index (χ1v) is 6.96. The van der Waals surface area contributed by atoms with Gasteiger partial charge in [-0.3, -0.25) is 0 Å². The van der Waals surface area contributed by atoms with E-state index in [1.807, 2.05) is 0 Å². The molecule has 0 spiro atoms. The first-order chi connectivity index (χ1) is 8.48. The molecule has 1 heterocycles. The molecule has 0 aromatic heterocycles. The summed E-state index contributed by atoms with van der Waals surface area (Å²) in [5, 5.41) is 3.54. The third kappa shape index (κ3) is 1.67. The zero-order valence-electron chi connectivity index (χ0n) is 10.8. The van der Waals surface area contributed by atoms with Gasteiger partial charge in [-0.25, -0.2) is 0 Å². The summed E-state index contributed by atoms with van der Waals surface area (Å²) in [6, 6.07) is 13.1. The van der Waals surface area contributed by atoms with E-state index in [9.17, 15) is 0 Å². The van der Waals surface area contributed by atoms with Crippen LogP contribution in [-0.2, 0) is 5.41 Å². The van der Waals surface area contributed by atoms with E-state index in [-0.39, 0.29) is 5.41 Å². The van der Waals surface area contributed by atoms with Crippen LogP contribution in [0.1, 0.15) is 30.5 Å². The van der Waals surface area contributed by atoms with Crippen LogP contribution in [0, 0.1) is 6.92 Å². The van der Waals surface area contributed by atoms with Crippen LogP contribution < -0.4 is 5.32 Å². The van der Waals surface area contributed by atoms with Crippen molar-refractivity contribution in [1.82, 2.24) is 0 Å². The van der Waals surface area contributed by atoms with Crippen molar-refractivity contribution >= 4 is 27.3 Å². The maximum absolute atomic E-state index is 3.57. The van der Waals surface area contributed by atoms with Gasteiger partial charge in [-0.05, 0) is 47.9 Å². The molecule has 92 valence electrons. The van der Waals surface area contributed by atoms with Crippen LogP contribution in [0.2, 0.25) is 0 Å². The van der Waals surface area contributed by atoms with Crippen molar-refractivity contribution in [1.29, 1.82) is 0 Å². The maximum Gasteiger partial charge on any atom is 0.0428 e. The lowest BCUT2D eigenvalue weighted by molar-refractivity contribution is 0.637. The van der Waals surface area contributed by atoms with Crippen molar-refractivity contribution < 1.29 is 0 Å². The van der Waals surface area contributed by atoms with Gasteiger partial charge in [-0.15, -0.1) is 0 Å². The Balaban J connectivity index is 2.26. The fraction of sp³-hybridized carbons (Fsp3) is 0.250. The molecule has 0 aliphatic carbocycles. The minimum absolute atomic E-state index is 0.0351. The molecular formula is C16H16BrN. The van der Waals surface area contributed by atoms with Crippen LogP contribution >= 0.6 is 15.9 Å². The average Bonchev–Trinajstić information content (AvgIpc) is 2.30. The molecule has 0 fully saturated rings. The van der Waals surface area contributed by atoms with Crippen LogP contribution in [0.3, 0.4) is 0 Å². The highest BCUT2D eigenvalue weighted by Gasteiger charge is 2.32. The quantitative estimate of drug-likeness (QED) is 0.710. The highest BCUT2D eigenvalue weighted by molar-refractivity contribution is 9.10. The van der Waals surface area contributed by atoms with E-state index < -0.39 is 0 Å². The Morgan fingerprint density at radius 2 is 1.72 bits per heavy atom. The van der Waals surface area contributed by atoms with Gasteiger partial charge < -0.3 is 5.32 Å². The summed E-state index contributed by atoms with van der Waals surface area (Å²) in [7, 11) is 0. The molecule has 2 aromatic carbocycles. The van der Waals surface area contributed by atoms with Crippen molar-refractivity contribution in [3.63, 3.8) is 0 Å². The minimum atomic E-state index is 0.0351. The van der Waals surface area contributed by atoms with E-state index in [0.29, 0.717) is 0 Å². The summed E-state index contributed by atoms with van der Waals surface area (Å²) < 4.78 is 1.13. The lowest BCUT2D eigenvalue weighted by Crippen LogP contribution is -2.26. The number of hydrogen-bond donors (Lipinski definition) is 1. The molecule has 18 heavy (non-hydrogen) atoms. The number of nitrogens with one attached hydrogen (secondary N) is 1. The summed E-state index contributed by atoms with van der Waals surface area (Å²) in [5.41, 5.74) is 6.47. The largest absolute Gasteiger partial charge is 0.355 e. The second-order valence-corrected chi connectivity index (χ2v) is 6.40. The molecule has 0 saturated heterocycles. The lowest BCUT2D eigenvalue weighted by atomic mass is 9.74. The average molecular weight is 302 g/mol. The smallest absolute Gasteiger partial charge is 0.0428 e.